The zero-order valence-corrected chi connectivity index (χ0v) is 9.25. The van der Waals surface area contributed by atoms with Gasteiger partial charge in [0.2, 0.25) is 6.33 Å². The molecule has 2 heterocycles. The van der Waals surface area contributed by atoms with E-state index in [1.807, 2.05) is 14.1 Å². The lowest BCUT2D eigenvalue weighted by molar-refractivity contribution is -0.742. The number of hydrogen-bond acceptors (Lipinski definition) is 3. The zero-order chi connectivity index (χ0) is 9.42. The van der Waals surface area contributed by atoms with Crippen molar-refractivity contribution >= 4 is 35.2 Å². The molecular formula is C7H9Cl2N5+2. The van der Waals surface area contributed by atoms with Gasteiger partial charge in [0.25, 0.3) is 5.52 Å². The van der Waals surface area contributed by atoms with Crippen molar-refractivity contribution in [2.24, 2.45) is 14.1 Å². The van der Waals surface area contributed by atoms with Crippen LogP contribution in [-0.4, -0.2) is 15.1 Å². The molecule has 2 aromatic rings. The molecule has 0 saturated heterocycles. The lowest BCUT2D eigenvalue weighted by atomic mass is 10.5. The first-order valence-corrected chi connectivity index (χ1v) is 4.09. The molecular weight excluding hydrogens is 225 g/mol. The highest BCUT2D eigenvalue weighted by Crippen LogP contribution is 2.09. The molecule has 2 rings (SSSR count). The Bertz CT molecular complexity index is 465. The second kappa shape index (κ2) is 3.98. The monoisotopic (exact) mass is 233 g/mol. The fourth-order valence-corrected chi connectivity index (χ4v) is 1.42. The van der Waals surface area contributed by atoms with Gasteiger partial charge in [-0.25, -0.2) is 4.57 Å². The highest BCUT2D eigenvalue weighted by Gasteiger charge is 2.20. The van der Waals surface area contributed by atoms with Crippen LogP contribution in [0.3, 0.4) is 0 Å². The topological polar surface area (TPSA) is 46.4 Å². The van der Waals surface area contributed by atoms with Crippen LogP contribution in [0, 0.1) is 0 Å². The van der Waals surface area contributed by atoms with Crippen LogP contribution in [0.2, 0.25) is 5.15 Å². The Labute approximate surface area is 91.8 Å². The molecule has 0 fully saturated rings. The number of fused-ring (bicyclic) bond motifs is 1. The number of nitrogens with zero attached hydrogens (tertiary/aromatic N) is 5. The molecule has 0 bridgehead atoms. The van der Waals surface area contributed by atoms with E-state index in [9.17, 15) is 0 Å². The molecule has 0 aliphatic heterocycles. The summed E-state index contributed by atoms with van der Waals surface area (Å²) in [5.74, 6) is 0. The molecule has 0 amide bonds. The van der Waals surface area contributed by atoms with Crippen molar-refractivity contribution in [3.63, 3.8) is 0 Å². The van der Waals surface area contributed by atoms with E-state index in [1.165, 1.54) is 6.33 Å². The maximum atomic E-state index is 5.92. The summed E-state index contributed by atoms with van der Waals surface area (Å²) in [4.78, 5) is 7.99. The highest BCUT2D eigenvalue weighted by molar-refractivity contribution is 6.32. The Hall–Kier alpha value is -1.07. The van der Waals surface area contributed by atoms with Gasteiger partial charge in [-0.2, -0.15) is 4.98 Å². The third kappa shape index (κ3) is 1.60. The summed E-state index contributed by atoms with van der Waals surface area (Å²) in [5.41, 5.74) is 1.49. The molecule has 14 heavy (non-hydrogen) atoms. The Morgan fingerprint density at radius 1 is 1.29 bits per heavy atom. The van der Waals surface area contributed by atoms with Crippen LogP contribution >= 0.6 is 24.0 Å². The predicted octanol–water partition coefficient (Wildman–Crippen LogP) is -0.251. The maximum absolute atomic E-state index is 5.92. The van der Waals surface area contributed by atoms with E-state index in [4.69, 9.17) is 11.6 Å². The summed E-state index contributed by atoms with van der Waals surface area (Å²) < 4.78 is 3.44. The molecule has 0 N–H and O–H groups in total. The molecule has 2 aromatic heterocycles. The van der Waals surface area contributed by atoms with E-state index in [0.29, 0.717) is 10.8 Å². The van der Waals surface area contributed by atoms with Gasteiger partial charge >= 0.3 is 12.0 Å². The Balaban J connectivity index is 0.000000980. The van der Waals surface area contributed by atoms with E-state index in [-0.39, 0.29) is 12.4 Å². The molecule has 5 nitrogen and oxygen atoms in total. The largest absolute Gasteiger partial charge is 0.414 e. The molecule has 0 radical (unpaired) electrons. The molecule has 0 spiro atoms. The van der Waals surface area contributed by atoms with Crippen molar-refractivity contribution in [2.75, 3.05) is 0 Å². The van der Waals surface area contributed by atoms with E-state index in [1.54, 1.807) is 15.6 Å². The minimum absolute atomic E-state index is 0. The molecule has 0 aliphatic rings. The summed E-state index contributed by atoms with van der Waals surface area (Å²) in [7, 11) is 3.66. The van der Waals surface area contributed by atoms with Gasteiger partial charge in [0, 0.05) is 0 Å². The van der Waals surface area contributed by atoms with Gasteiger partial charge in [0.05, 0.1) is 7.05 Å². The van der Waals surface area contributed by atoms with Gasteiger partial charge in [0.15, 0.2) is 5.15 Å². The molecule has 7 heteroatoms. The van der Waals surface area contributed by atoms with Crippen LogP contribution in [0.25, 0.3) is 11.2 Å². The molecule has 0 atom stereocenters. The quantitative estimate of drug-likeness (QED) is 0.466. The lowest BCUT2D eigenvalue weighted by Crippen LogP contribution is -2.43. The summed E-state index contributed by atoms with van der Waals surface area (Å²) in [5, 5.41) is 4.51. The Kier molecular flexibility index (Phi) is 3.13. The molecule has 0 saturated carbocycles. The first-order valence-electron chi connectivity index (χ1n) is 3.71. The standard InChI is InChI=1S/C7H8ClN5.ClH/c1-12-4-11-13(2)7-5(12)6(8)9-3-10-7;/h3-4H,1-2H3;1H/q+2;. The second-order valence-corrected chi connectivity index (χ2v) is 3.06. The number of rotatable bonds is 0. The van der Waals surface area contributed by atoms with Gasteiger partial charge in [0.1, 0.15) is 12.1 Å². The smallest absolute Gasteiger partial charge is 0.219 e. The van der Waals surface area contributed by atoms with Gasteiger partial charge in [-0.15, -0.1) is 12.4 Å². The highest BCUT2D eigenvalue weighted by atomic mass is 35.5. The molecule has 0 aliphatic carbocycles. The SMILES string of the molecule is C[n+]1cn[n+](C)c2ncnc(Cl)c21.Cl. The maximum Gasteiger partial charge on any atom is 0.414 e. The summed E-state index contributed by atoms with van der Waals surface area (Å²) in [6.45, 7) is 0. The molecule has 74 valence electrons. The second-order valence-electron chi connectivity index (χ2n) is 2.70. The first kappa shape index (κ1) is 11.0. The number of aryl methyl sites for hydroxylation is 2. The van der Waals surface area contributed by atoms with Gasteiger partial charge in [-0.05, 0) is 9.67 Å². The van der Waals surface area contributed by atoms with Crippen LogP contribution in [0.5, 0.6) is 0 Å². The van der Waals surface area contributed by atoms with Crippen molar-refractivity contribution in [1.82, 2.24) is 15.1 Å². The van der Waals surface area contributed by atoms with Gasteiger partial charge < -0.3 is 0 Å². The van der Waals surface area contributed by atoms with Crippen molar-refractivity contribution in [3.05, 3.63) is 17.8 Å². The summed E-state index contributed by atoms with van der Waals surface area (Å²) >= 11 is 5.92. The third-order valence-corrected chi connectivity index (χ3v) is 2.09. The average Bonchev–Trinajstić information content (AvgIpc) is 2.12. The van der Waals surface area contributed by atoms with E-state index < -0.39 is 0 Å². The van der Waals surface area contributed by atoms with E-state index >= 15 is 0 Å². The number of aromatic nitrogens is 5. The average molecular weight is 234 g/mol. The fourth-order valence-electron chi connectivity index (χ4n) is 1.16. The number of halogens is 2. The first-order chi connectivity index (χ1) is 6.20. The summed E-state index contributed by atoms with van der Waals surface area (Å²) in [6, 6.07) is 0. The minimum Gasteiger partial charge on any atom is -0.219 e. The normalized spacial score (nSPS) is 9.93. The van der Waals surface area contributed by atoms with E-state index in [2.05, 4.69) is 15.1 Å². The van der Waals surface area contributed by atoms with Crippen LogP contribution in [0.15, 0.2) is 12.7 Å². The van der Waals surface area contributed by atoms with Crippen molar-refractivity contribution in [1.29, 1.82) is 0 Å². The van der Waals surface area contributed by atoms with Gasteiger partial charge in [-0.3, -0.25) is 0 Å². The number of hydrogen-bond donors (Lipinski definition) is 0. The van der Waals surface area contributed by atoms with Crippen molar-refractivity contribution < 1.29 is 9.25 Å². The Morgan fingerprint density at radius 3 is 2.64 bits per heavy atom. The van der Waals surface area contributed by atoms with Crippen LogP contribution < -0.4 is 9.25 Å². The molecule has 0 aromatic carbocycles. The van der Waals surface area contributed by atoms with Crippen LogP contribution in [0.4, 0.5) is 0 Å². The molecule has 0 unspecified atom stereocenters. The van der Waals surface area contributed by atoms with Crippen molar-refractivity contribution in [2.45, 2.75) is 0 Å². The predicted molar refractivity (Wildman–Crippen MR) is 51.9 cm³/mol. The zero-order valence-electron chi connectivity index (χ0n) is 7.68. The third-order valence-electron chi connectivity index (χ3n) is 1.82. The van der Waals surface area contributed by atoms with E-state index in [0.717, 1.165) is 5.52 Å². The lowest BCUT2D eigenvalue weighted by Gasteiger charge is -1.93. The van der Waals surface area contributed by atoms with Crippen molar-refractivity contribution in [3.8, 4) is 0 Å². The Morgan fingerprint density at radius 2 is 2.00 bits per heavy atom. The van der Waals surface area contributed by atoms with Crippen LogP contribution in [0.1, 0.15) is 0 Å². The minimum atomic E-state index is 0. The summed E-state index contributed by atoms with van der Waals surface area (Å²) in [6.07, 6.45) is 3.09. The fraction of sp³-hybridized carbons (Fsp3) is 0.286. The van der Waals surface area contributed by atoms with Crippen LogP contribution in [-0.2, 0) is 14.1 Å². The van der Waals surface area contributed by atoms with Gasteiger partial charge in [-0.1, -0.05) is 11.6 Å².